The molecule has 0 aliphatic heterocycles. The van der Waals surface area contributed by atoms with Gasteiger partial charge >= 0.3 is 0 Å². The maximum atomic E-state index is 10.7. The minimum atomic E-state index is -0.473. The lowest BCUT2D eigenvalue weighted by molar-refractivity contribution is -0.384. The second kappa shape index (κ2) is 5.19. The van der Waals surface area contributed by atoms with Crippen LogP contribution in [0.25, 0.3) is 11.1 Å². The van der Waals surface area contributed by atoms with Gasteiger partial charge in [-0.3, -0.25) is 10.1 Å². The predicted molar refractivity (Wildman–Crippen MR) is 71.9 cm³/mol. The molecule has 0 saturated carbocycles. The fraction of sp³-hybridized carbons (Fsp3) is 0.250. The second-order valence-corrected chi connectivity index (χ2v) is 4.34. The van der Waals surface area contributed by atoms with Crippen LogP contribution in [0.3, 0.4) is 0 Å². The molecule has 3 aromatic rings. The number of nitrogens with zero attached hydrogens (tertiary/aromatic N) is 4. The van der Waals surface area contributed by atoms with Crippen molar-refractivity contribution in [3.63, 3.8) is 0 Å². The standard InChI is InChI=1S/C12H11N5O4/c1-7-14-11(21-16-7)4-5-13-12-15-9-6-8(17(18)19)2-3-10(9)20-12/h2-3,6H,4-5H2,1H3,(H,13,15). The maximum absolute atomic E-state index is 10.7. The Morgan fingerprint density at radius 1 is 1.38 bits per heavy atom. The topological polar surface area (TPSA) is 120 Å². The molecule has 0 fully saturated rings. The first-order valence-electron chi connectivity index (χ1n) is 6.20. The Bertz CT molecular complexity index is 794. The molecular weight excluding hydrogens is 278 g/mol. The zero-order valence-corrected chi connectivity index (χ0v) is 11.1. The average Bonchev–Trinajstić information content (AvgIpc) is 3.03. The van der Waals surface area contributed by atoms with E-state index < -0.39 is 4.92 Å². The van der Waals surface area contributed by atoms with E-state index in [2.05, 4.69) is 20.4 Å². The van der Waals surface area contributed by atoms with Crippen molar-refractivity contribution in [2.75, 3.05) is 11.9 Å². The number of anilines is 1. The van der Waals surface area contributed by atoms with Crippen molar-refractivity contribution < 1.29 is 13.9 Å². The first kappa shape index (κ1) is 13.0. The molecule has 0 saturated heterocycles. The molecule has 9 nitrogen and oxygen atoms in total. The fourth-order valence-corrected chi connectivity index (χ4v) is 1.82. The number of benzene rings is 1. The minimum absolute atomic E-state index is 0.0244. The van der Waals surface area contributed by atoms with E-state index in [-0.39, 0.29) is 5.69 Å². The number of nitro groups is 1. The van der Waals surface area contributed by atoms with Crippen molar-refractivity contribution in [2.24, 2.45) is 0 Å². The van der Waals surface area contributed by atoms with Crippen LogP contribution < -0.4 is 5.32 Å². The van der Waals surface area contributed by atoms with Crippen molar-refractivity contribution in [3.05, 3.63) is 40.0 Å². The average molecular weight is 289 g/mol. The number of hydrogen-bond donors (Lipinski definition) is 1. The molecule has 21 heavy (non-hydrogen) atoms. The van der Waals surface area contributed by atoms with Crippen LogP contribution in [0, 0.1) is 17.0 Å². The maximum Gasteiger partial charge on any atom is 0.295 e. The third kappa shape index (κ3) is 2.81. The highest BCUT2D eigenvalue weighted by Gasteiger charge is 2.11. The van der Waals surface area contributed by atoms with Crippen LogP contribution >= 0.6 is 0 Å². The number of aryl methyl sites for hydroxylation is 1. The van der Waals surface area contributed by atoms with Crippen LogP contribution in [-0.2, 0) is 6.42 Å². The minimum Gasteiger partial charge on any atom is -0.424 e. The number of fused-ring (bicyclic) bond motifs is 1. The molecule has 0 unspecified atom stereocenters. The highest BCUT2D eigenvalue weighted by atomic mass is 16.6. The van der Waals surface area contributed by atoms with E-state index in [1.165, 1.54) is 18.2 Å². The number of non-ortho nitro benzene ring substituents is 1. The fourth-order valence-electron chi connectivity index (χ4n) is 1.82. The third-order valence-electron chi connectivity index (χ3n) is 2.77. The van der Waals surface area contributed by atoms with Gasteiger partial charge in [-0.05, 0) is 13.0 Å². The number of nitrogens with one attached hydrogen (secondary N) is 1. The Kier molecular flexibility index (Phi) is 3.22. The SMILES string of the molecule is Cc1noc(CCNc2nc3cc([N+](=O)[O-])ccc3o2)n1. The summed E-state index contributed by atoms with van der Waals surface area (Å²) in [5, 5.41) is 17.3. The van der Waals surface area contributed by atoms with Gasteiger partial charge in [-0.25, -0.2) is 0 Å². The van der Waals surface area contributed by atoms with Crippen molar-refractivity contribution in [3.8, 4) is 0 Å². The van der Waals surface area contributed by atoms with E-state index in [1.54, 1.807) is 6.92 Å². The molecule has 9 heteroatoms. The molecule has 0 aliphatic carbocycles. The molecule has 3 rings (SSSR count). The van der Waals surface area contributed by atoms with E-state index in [1.807, 2.05) is 0 Å². The number of rotatable bonds is 5. The smallest absolute Gasteiger partial charge is 0.295 e. The summed E-state index contributed by atoms with van der Waals surface area (Å²) in [6.45, 7) is 2.24. The number of nitro benzene ring substituents is 1. The van der Waals surface area contributed by atoms with Crippen molar-refractivity contribution in [1.82, 2.24) is 15.1 Å². The Balaban J connectivity index is 1.68. The van der Waals surface area contributed by atoms with Gasteiger partial charge in [-0.15, -0.1) is 0 Å². The zero-order valence-electron chi connectivity index (χ0n) is 11.1. The molecule has 0 bridgehead atoms. The van der Waals surface area contributed by atoms with Crippen LogP contribution in [0.1, 0.15) is 11.7 Å². The summed E-state index contributed by atoms with van der Waals surface area (Å²) in [5.74, 6) is 1.10. The van der Waals surface area contributed by atoms with Gasteiger partial charge in [0.1, 0.15) is 5.52 Å². The quantitative estimate of drug-likeness (QED) is 0.559. The number of aromatic nitrogens is 3. The Morgan fingerprint density at radius 2 is 2.24 bits per heavy atom. The lowest BCUT2D eigenvalue weighted by atomic mass is 10.3. The van der Waals surface area contributed by atoms with Gasteiger partial charge < -0.3 is 14.3 Å². The summed E-state index contributed by atoms with van der Waals surface area (Å²) in [5.41, 5.74) is 0.890. The Morgan fingerprint density at radius 3 is 2.95 bits per heavy atom. The molecule has 1 aromatic carbocycles. The van der Waals surface area contributed by atoms with Crippen LogP contribution in [0.5, 0.6) is 0 Å². The molecule has 0 spiro atoms. The molecule has 0 atom stereocenters. The molecule has 0 amide bonds. The van der Waals surface area contributed by atoms with Gasteiger partial charge in [-0.2, -0.15) is 9.97 Å². The van der Waals surface area contributed by atoms with Gasteiger partial charge in [-0.1, -0.05) is 5.16 Å². The normalized spacial score (nSPS) is 10.9. The largest absolute Gasteiger partial charge is 0.424 e. The van der Waals surface area contributed by atoms with Gasteiger partial charge in [0, 0.05) is 25.1 Å². The van der Waals surface area contributed by atoms with Crippen LogP contribution in [0.4, 0.5) is 11.7 Å². The summed E-state index contributed by atoms with van der Waals surface area (Å²) < 4.78 is 10.4. The lowest BCUT2D eigenvalue weighted by Gasteiger charge is -1.96. The van der Waals surface area contributed by atoms with Crippen molar-refractivity contribution in [2.45, 2.75) is 13.3 Å². The van der Waals surface area contributed by atoms with Crippen LogP contribution in [0.15, 0.2) is 27.1 Å². The van der Waals surface area contributed by atoms with Crippen molar-refractivity contribution >= 4 is 22.8 Å². The molecule has 2 aromatic heterocycles. The van der Waals surface area contributed by atoms with Gasteiger partial charge in [0.2, 0.25) is 5.89 Å². The van der Waals surface area contributed by atoms with Crippen LogP contribution in [0.2, 0.25) is 0 Å². The zero-order chi connectivity index (χ0) is 14.8. The number of oxazole rings is 1. The van der Waals surface area contributed by atoms with E-state index >= 15 is 0 Å². The molecule has 108 valence electrons. The highest BCUT2D eigenvalue weighted by Crippen LogP contribution is 2.23. The van der Waals surface area contributed by atoms with E-state index in [0.29, 0.717) is 41.8 Å². The molecule has 1 N–H and O–H groups in total. The van der Waals surface area contributed by atoms with Gasteiger partial charge in [0.25, 0.3) is 11.7 Å². The Hall–Kier alpha value is -2.97. The van der Waals surface area contributed by atoms with Gasteiger partial charge in [0.15, 0.2) is 11.4 Å². The molecule has 0 aliphatic rings. The number of hydrogen-bond acceptors (Lipinski definition) is 8. The summed E-state index contributed by atoms with van der Waals surface area (Å²) in [4.78, 5) is 18.4. The summed E-state index contributed by atoms with van der Waals surface area (Å²) >= 11 is 0. The van der Waals surface area contributed by atoms with Crippen molar-refractivity contribution in [1.29, 1.82) is 0 Å². The predicted octanol–water partition coefficient (Wildman–Crippen LogP) is 2.08. The summed E-state index contributed by atoms with van der Waals surface area (Å²) in [6, 6.07) is 4.55. The summed E-state index contributed by atoms with van der Waals surface area (Å²) in [7, 11) is 0. The van der Waals surface area contributed by atoms with E-state index in [4.69, 9.17) is 8.94 Å². The van der Waals surface area contributed by atoms with Crippen LogP contribution in [-0.4, -0.2) is 26.6 Å². The first-order chi connectivity index (χ1) is 10.1. The van der Waals surface area contributed by atoms with Gasteiger partial charge in [0.05, 0.1) is 4.92 Å². The summed E-state index contributed by atoms with van der Waals surface area (Å²) in [6.07, 6.45) is 0.527. The molecular formula is C12H11N5O4. The monoisotopic (exact) mass is 289 g/mol. The first-order valence-corrected chi connectivity index (χ1v) is 6.20. The van der Waals surface area contributed by atoms with E-state index in [9.17, 15) is 10.1 Å². The third-order valence-corrected chi connectivity index (χ3v) is 2.77. The lowest BCUT2D eigenvalue weighted by Crippen LogP contribution is -2.05. The van der Waals surface area contributed by atoms with E-state index in [0.717, 1.165) is 0 Å². The Labute approximate surface area is 118 Å². The molecule has 2 heterocycles. The molecule has 0 radical (unpaired) electrons. The highest BCUT2D eigenvalue weighted by molar-refractivity contribution is 5.77. The second-order valence-electron chi connectivity index (χ2n) is 4.34.